The Balaban J connectivity index is 1.93. The molecule has 1 aromatic rings. The van der Waals surface area contributed by atoms with E-state index in [0.717, 1.165) is 36.7 Å². The Bertz CT molecular complexity index is 416. The Hall–Kier alpha value is -0.980. The van der Waals surface area contributed by atoms with Crippen LogP contribution in [0.5, 0.6) is 0 Å². The van der Waals surface area contributed by atoms with Crippen molar-refractivity contribution < 1.29 is 9.53 Å². The number of carbonyl (C=O) groups is 1. The van der Waals surface area contributed by atoms with E-state index in [-0.39, 0.29) is 12.0 Å². The number of carbonyl (C=O) groups excluding carboxylic acids is 1. The number of nitrogens with one attached hydrogen (secondary N) is 1. The van der Waals surface area contributed by atoms with Crippen molar-refractivity contribution in [2.75, 3.05) is 26.7 Å². The van der Waals surface area contributed by atoms with Gasteiger partial charge in [0, 0.05) is 31.3 Å². The van der Waals surface area contributed by atoms with E-state index in [1.54, 1.807) is 18.4 Å². The fraction of sp³-hybridized carbons (Fsp3) is 0.692. The number of thiazole rings is 1. The minimum absolute atomic E-state index is 0.0336. The van der Waals surface area contributed by atoms with Gasteiger partial charge in [-0.25, -0.2) is 4.98 Å². The molecule has 0 saturated carbocycles. The predicted molar refractivity (Wildman–Crippen MR) is 75.2 cm³/mol. The van der Waals surface area contributed by atoms with Gasteiger partial charge in [0.2, 0.25) is 5.91 Å². The zero-order valence-corrected chi connectivity index (χ0v) is 12.3. The highest BCUT2D eigenvalue weighted by Gasteiger charge is 2.21. The van der Waals surface area contributed by atoms with Gasteiger partial charge in [-0.15, -0.1) is 11.3 Å². The molecule has 1 N–H and O–H groups in total. The Morgan fingerprint density at radius 2 is 2.53 bits per heavy atom. The largest absolute Gasteiger partial charge is 0.377 e. The van der Waals surface area contributed by atoms with Gasteiger partial charge in [-0.1, -0.05) is 0 Å². The van der Waals surface area contributed by atoms with Crippen molar-refractivity contribution in [2.45, 2.75) is 32.4 Å². The molecular weight excluding hydrogens is 262 g/mol. The number of nitrogens with zero attached hydrogens (tertiary/aromatic N) is 2. The molecule has 2 heterocycles. The van der Waals surface area contributed by atoms with Gasteiger partial charge in [0.15, 0.2) is 0 Å². The second kappa shape index (κ2) is 6.98. The predicted octanol–water partition coefficient (Wildman–Crippen LogP) is 1.18. The fourth-order valence-corrected chi connectivity index (χ4v) is 3.02. The second-order valence-corrected chi connectivity index (χ2v) is 5.80. The van der Waals surface area contributed by atoms with Gasteiger partial charge in [0.1, 0.15) is 5.01 Å². The summed E-state index contributed by atoms with van der Waals surface area (Å²) in [6.07, 6.45) is 2.46. The van der Waals surface area contributed by atoms with Gasteiger partial charge in [-0.3, -0.25) is 9.69 Å². The zero-order valence-electron chi connectivity index (χ0n) is 11.5. The summed E-state index contributed by atoms with van der Waals surface area (Å²) in [5.74, 6) is 0.0336. The summed E-state index contributed by atoms with van der Waals surface area (Å²) in [4.78, 5) is 18.2. The highest BCUT2D eigenvalue weighted by atomic mass is 32.1. The quantitative estimate of drug-likeness (QED) is 0.852. The first-order valence-electron chi connectivity index (χ1n) is 6.63. The molecule has 6 heteroatoms. The zero-order chi connectivity index (χ0) is 13.7. The molecule has 1 atom stereocenters. The molecule has 19 heavy (non-hydrogen) atoms. The van der Waals surface area contributed by atoms with Crippen molar-refractivity contribution in [1.29, 1.82) is 0 Å². The SMILES string of the molecule is CNC(=O)CN(Cc1nc(C)cs1)C[C@H]1CCCO1. The molecule has 1 aromatic heterocycles. The van der Waals surface area contributed by atoms with E-state index in [9.17, 15) is 4.79 Å². The van der Waals surface area contributed by atoms with Gasteiger partial charge < -0.3 is 10.1 Å². The van der Waals surface area contributed by atoms with E-state index in [2.05, 4.69) is 15.2 Å². The van der Waals surface area contributed by atoms with Crippen LogP contribution in [0.15, 0.2) is 5.38 Å². The van der Waals surface area contributed by atoms with Gasteiger partial charge >= 0.3 is 0 Å². The van der Waals surface area contributed by atoms with Crippen molar-refractivity contribution in [2.24, 2.45) is 0 Å². The van der Waals surface area contributed by atoms with Crippen LogP contribution in [-0.2, 0) is 16.1 Å². The van der Waals surface area contributed by atoms with Crippen LogP contribution < -0.4 is 5.32 Å². The molecule has 5 nitrogen and oxygen atoms in total. The average molecular weight is 283 g/mol. The maximum absolute atomic E-state index is 11.6. The molecule has 0 spiro atoms. The second-order valence-electron chi connectivity index (χ2n) is 4.86. The molecule has 1 saturated heterocycles. The van der Waals surface area contributed by atoms with Crippen molar-refractivity contribution in [3.8, 4) is 0 Å². The highest BCUT2D eigenvalue weighted by Crippen LogP contribution is 2.16. The number of aryl methyl sites for hydroxylation is 1. The molecule has 1 aliphatic heterocycles. The molecule has 0 aliphatic carbocycles. The van der Waals surface area contributed by atoms with Gasteiger partial charge in [-0.2, -0.15) is 0 Å². The summed E-state index contributed by atoms with van der Waals surface area (Å²) in [6.45, 7) is 4.74. The normalized spacial score (nSPS) is 19.0. The summed E-state index contributed by atoms with van der Waals surface area (Å²) < 4.78 is 5.65. The standard InChI is InChI=1S/C13H21N3O2S/c1-10-9-19-13(15-10)8-16(7-12(17)14-2)6-11-4-3-5-18-11/h9,11H,3-8H2,1-2H3,(H,14,17)/t11-/m1/s1. The van der Waals surface area contributed by atoms with E-state index in [4.69, 9.17) is 4.74 Å². The molecule has 1 amide bonds. The number of hydrogen-bond acceptors (Lipinski definition) is 5. The van der Waals surface area contributed by atoms with Crippen LogP contribution in [-0.4, -0.2) is 48.6 Å². The third kappa shape index (κ3) is 4.56. The van der Waals surface area contributed by atoms with Crippen LogP contribution in [0.4, 0.5) is 0 Å². The molecule has 0 bridgehead atoms. The van der Waals surface area contributed by atoms with Crippen molar-refractivity contribution in [1.82, 2.24) is 15.2 Å². The average Bonchev–Trinajstić information content (AvgIpc) is 3.01. The van der Waals surface area contributed by atoms with Crippen LogP contribution in [0.1, 0.15) is 23.5 Å². The van der Waals surface area contributed by atoms with Crippen LogP contribution in [0.3, 0.4) is 0 Å². The summed E-state index contributed by atoms with van der Waals surface area (Å²) in [5.41, 5.74) is 1.04. The van der Waals surface area contributed by atoms with Gasteiger partial charge in [0.25, 0.3) is 0 Å². The molecule has 0 aromatic carbocycles. The smallest absolute Gasteiger partial charge is 0.233 e. The molecule has 1 fully saturated rings. The fourth-order valence-electron chi connectivity index (χ4n) is 2.21. The maximum atomic E-state index is 11.6. The summed E-state index contributed by atoms with van der Waals surface area (Å²) in [6, 6.07) is 0. The maximum Gasteiger partial charge on any atom is 0.233 e. The first-order chi connectivity index (χ1) is 9.17. The monoisotopic (exact) mass is 283 g/mol. The topological polar surface area (TPSA) is 54.5 Å². The minimum Gasteiger partial charge on any atom is -0.377 e. The lowest BCUT2D eigenvalue weighted by Gasteiger charge is -2.23. The first-order valence-corrected chi connectivity index (χ1v) is 7.51. The van der Waals surface area contributed by atoms with E-state index in [0.29, 0.717) is 13.1 Å². The number of aromatic nitrogens is 1. The summed E-state index contributed by atoms with van der Waals surface area (Å²) in [5, 5.41) is 5.77. The molecule has 1 aliphatic rings. The van der Waals surface area contributed by atoms with E-state index >= 15 is 0 Å². The van der Waals surface area contributed by atoms with E-state index < -0.39 is 0 Å². The van der Waals surface area contributed by atoms with Crippen LogP contribution in [0, 0.1) is 6.92 Å². The summed E-state index contributed by atoms with van der Waals surface area (Å²) in [7, 11) is 1.67. The Morgan fingerprint density at radius 1 is 1.68 bits per heavy atom. The molecular formula is C13H21N3O2S. The Labute approximate surface area is 118 Å². The number of amides is 1. The van der Waals surface area contributed by atoms with Crippen molar-refractivity contribution in [3.05, 3.63) is 16.1 Å². The van der Waals surface area contributed by atoms with Crippen molar-refractivity contribution in [3.63, 3.8) is 0 Å². The molecule has 0 unspecified atom stereocenters. The Kier molecular flexibility index (Phi) is 5.30. The van der Waals surface area contributed by atoms with Crippen LogP contribution in [0.25, 0.3) is 0 Å². The first kappa shape index (κ1) is 14.4. The lowest BCUT2D eigenvalue weighted by Crippen LogP contribution is -2.39. The lowest BCUT2D eigenvalue weighted by molar-refractivity contribution is -0.122. The minimum atomic E-state index is 0.0336. The molecule has 2 rings (SSSR count). The highest BCUT2D eigenvalue weighted by molar-refractivity contribution is 7.09. The molecule has 0 radical (unpaired) electrons. The number of hydrogen-bond donors (Lipinski definition) is 1. The third-order valence-corrected chi connectivity index (χ3v) is 4.11. The number of rotatable bonds is 6. The lowest BCUT2D eigenvalue weighted by atomic mass is 10.2. The van der Waals surface area contributed by atoms with Gasteiger partial charge in [0.05, 0.1) is 19.2 Å². The van der Waals surface area contributed by atoms with Crippen LogP contribution >= 0.6 is 11.3 Å². The van der Waals surface area contributed by atoms with E-state index in [1.807, 2.05) is 12.3 Å². The van der Waals surface area contributed by atoms with Gasteiger partial charge in [-0.05, 0) is 19.8 Å². The van der Waals surface area contributed by atoms with Crippen LogP contribution in [0.2, 0.25) is 0 Å². The van der Waals surface area contributed by atoms with E-state index in [1.165, 1.54) is 0 Å². The Morgan fingerprint density at radius 3 is 3.11 bits per heavy atom. The number of likely N-dealkylation sites (N-methyl/N-ethyl adjacent to an activating group) is 1. The van der Waals surface area contributed by atoms with Crippen molar-refractivity contribution >= 4 is 17.2 Å². The number of ether oxygens (including phenoxy) is 1. The third-order valence-electron chi connectivity index (χ3n) is 3.16. The summed E-state index contributed by atoms with van der Waals surface area (Å²) >= 11 is 1.65. The molecule has 106 valence electrons.